The summed E-state index contributed by atoms with van der Waals surface area (Å²) in [5, 5.41) is 3.57. The molecule has 3 atom stereocenters. The Morgan fingerprint density at radius 1 is 1.43 bits per heavy atom. The molecule has 0 aliphatic carbocycles. The summed E-state index contributed by atoms with van der Waals surface area (Å²) in [5.74, 6) is 0. The van der Waals surface area contributed by atoms with E-state index in [9.17, 15) is 0 Å². The van der Waals surface area contributed by atoms with E-state index in [1.165, 1.54) is 32.2 Å². The van der Waals surface area contributed by atoms with Gasteiger partial charge in [0.25, 0.3) is 0 Å². The Balaban J connectivity index is 2.33. The van der Waals surface area contributed by atoms with Crippen LogP contribution in [0.25, 0.3) is 0 Å². The molecule has 0 amide bonds. The number of nitrogens with zero attached hydrogens (tertiary/aromatic N) is 1. The molecule has 2 nitrogen and oxygen atoms in total. The van der Waals surface area contributed by atoms with Crippen LogP contribution in [-0.2, 0) is 0 Å². The highest BCUT2D eigenvalue weighted by Gasteiger charge is 2.23. The monoisotopic (exact) mass is 198 g/mol. The summed E-state index contributed by atoms with van der Waals surface area (Å²) in [6, 6.07) is 2.22. The first kappa shape index (κ1) is 12.0. The van der Waals surface area contributed by atoms with Gasteiger partial charge in [0.1, 0.15) is 0 Å². The van der Waals surface area contributed by atoms with Gasteiger partial charge in [0.05, 0.1) is 0 Å². The van der Waals surface area contributed by atoms with Crippen LogP contribution in [-0.4, -0.2) is 36.6 Å². The van der Waals surface area contributed by atoms with Gasteiger partial charge in [0, 0.05) is 24.7 Å². The number of hydrogen-bond donors (Lipinski definition) is 1. The van der Waals surface area contributed by atoms with Crippen molar-refractivity contribution in [2.45, 2.75) is 64.6 Å². The SMILES string of the molecule is CCCC(C)N(C)C1CCC(C)NC1. The molecule has 1 saturated heterocycles. The molecule has 0 aromatic carbocycles. The molecule has 0 radical (unpaired) electrons. The number of nitrogens with one attached hydrogen (secondary N) is 1. The highest BCUT2D eigenvalue weighted by atomic mass is 15.2. The zero-order valence-corrected chi connectivity index (χ0v) is 10.2. The minimum absolute atomic E-state index is 0.723. The highest BCUT2D eigenvalue weighted by molar-refractivity contribution is 4.82. The van der Waals surface area contributed by atoms with Crippen LogP contribution in [0.4, 0.5) is 0 Å². The first-order chi connectivity index (χ1) is 6.65. The molecule has 14 heavy (non-hydrogen) atoms. The first-order valence-electron chi connectivity index (χ1n) is 6.10. The minimum Gasteiger partial charge on any atom is -0.313 e. The average molecular weight is 198 g/mol. The molecular weight excluding hydrogens is 172 g/mol. The second-order valence-electron chi connectivity index (χ2n) is 4.84. The van der Waals surface area contributed by atoms with E-state index < -0.39 is 0 Å². The van der Waals surface area contributed by atoms with Gasteiger partial charge >= 0.3 is 0 Å². The van der Waals surface area contributed by atoms with Crippen molar-refractivity contribution in [3.05, 3.63) is 0 Å². The van der Waals surface area contributed by atoms with E-state index in [-0.39, 0.29) is 0 Å². The summed E-state index contributed by atoms with van der Waals surface area (Å²) in [6.07, 6.45) is 5.30. The van der Waals surface area contributed by atoms with Crippen LogP contribution in [0.1, 0.15) is 46.5 Å². The fourth-order valence-corrected chi connectivity index (χ4v) is 2.31. The van der Waals surface area contributed by atoms with Gasteiger partial charge in [-0.05, 0) is 40.2 Å². The lowest BCUT2D eigenvalue weighted by Gasteiger charge is -2.37. The van der Waals surface area contributed by atoms with Crippen molar-refractivity contribution in [3.8, 4) is 0 Å². The summed E-state index contributed by atoms with van der Waals surface area (Å²) in [4.78, 5) is 2.56. The second kappa shape index (κ2) is 5.72. The fourth-order valence-electron chi connectivity index (χ4n) is 2.31. The molecule has 1 rings (SSSR count). The maximum atomic E-state index is 3.57. The molecule has 1 aliphatic rings. The van der Waals surface area contributed by atoms with E-state index >= 15 is 0 Å². The van der Waals surface area contributed by atoms with Crippen LogP contribution >= 0.6 is 0 Å². The quantitative estimate of drug-likeness (QED) is 0.745. The lowest BCUT2D eigenvalue weighted by molar-refractivity contribution is 0.139. The lowest BCUT2D eigenvalue weighted by atomic mass is 9.99. The Kier molecular flexibility index (Phi) is 4.90. The normalized spacial score (nSPS) is 30.6. The molecule has 0 saturated carbocycles. The Morgan fingerprint density at radius 3 is 2.64 bits per heavy atom. The second-order valence-corrected chi connectivity index (χ2v) is 4.84. The molecule has 0 aromatic heterocycles. The smallest absolute Gasteiger partial charge is 0.0221 e. The van der Waals surface area contributed by atoms with Crippen LogP contribution in [0.5, 0.6) is 0 Å². The molecule has 1 N–H and O–H groups in total. The van der Waals surface area contributed by atoms with E-state index in [0.29, 0.717) is 0 Å². The van der Waals surface area contributed by atoms with Crippen LogP contribution in [0, 0.1) is 0 Å². The van der Waals surface area contributed by atoms with Crippen molar-refractivity contribution < 1.29 is 0 Å². The molecule has 0 spiro atoms. The van der Waals surface area contributed by atoms with Gasteiger partial charge in [-0.1, -0.05) is 13.3 Å². The third-order valence-electron chi connectivity index (χ3n) is 3.61. The van der Waals surface area contributed by atoms with Gasteiger partial charge in [-0.3, -0.25) is 4.90 Å². The predicted octanol–water partition coefficient (Wildman–Crippen LogP) is 2.25. The van der Waals surface area contributed by atoms with E-state index in [0.717, 1.165) is 18.1 Å². The summed E-state index contributed by atoms with van der Waals surface area (Å²) >= 11 is 0. The van der Waals surface area contributed by atoms with Crippen molar-refractivity contribution in [2.24, 2.45) is 0 Å². The number of rotatable bonds is 4. The Bertz CT molecular complexity index is 150. The topological polar surface area (TPSA) is 15.3 Å². The van der Waals surface area contributed by atoms with E-state index in [1.54, 1.807) is 0 Å². The molecule has 1 aliphatic heterocycles. The summed E-state index contributed by atoms with van der Waals surface area (Å²) in [6.45, 7) is 8.07. The van der Waals surface area contributed by atoms with Crippen molar-refractivity contribution in [3.63, 3.8) is 0 Å². The molecule has 1 heterocycles. The van der Waals surface area contributed by atoms with Gasteiger partial charge in [0.2, 0.25) is 0 Å². The summed E-state index contributed by atoms with van der Waals surface area (Å²) in [7, 11) is 2.28. The zero-order valence-electron chi connectivity index (χ0n) is 10.2. The van der Waals surface area contributed by atoms with E-state index in [4.69, 9.17) is 0 Å². The van der Waals surface area contributed by atoms with Gasteiger partial charge in [0.15, 0.2) is 0 Å². The number of hydrogen-bond acceptors (Lipinski definition) is 2. The van der Waals surface area contributed by atoms with Crippen molar-refractivity contribution in [1.82, 2.24) is 10.2 Å². The average Bonchev–Trinajstić information content (AvgIpc) is 2.18. The molecule has 1 fully saturated rings. The van der Waals surface area contributed by atoms with Crippen molar-refractivity contribution in [2.75, 3.05) is 13.6 Å². The van der Waals surface area contributed by atoms with Crippen LogP contribution in [0.3, 0.4) is 0 Å². The van der Waals surface area contributed by atoms with E-state index in [2.05, 4.69) is 38.0 Å². The van der Waals surface area contributed by atoms with E-state index in [1.807, 2.05) is 0 Å². The Hall–Kier alpha value is -0.0800. The standard InChI is InChI=1S/C12H26N2/c1-5-6-11(3)14(4)12-8-7-10(2)13-9-12/h10-13H,5-9H2,1-4H3. The maximum absolute atomic E-state index is 3.57. The van der Waals surface area contributed by atoms with Gasteiger partial charge in [-0.2, -0.15) is 0 Å². The lowest BCUT2D eigenvalue weighted by Crippen LogP contribution is -2.50. The summed E-state index contributed by atoms with van der Waals surface area (Å²) in [5.41, 5.74) is 0. The molecule has 3 unspecified atom stereocenters. The third kappa shape index (κ3) is 3.25. The Labute approximate surface area is 89.1 Å². The predicted molar refractivity (Wildman–Crippen MR) is 62.6 cm³/mol. The minimum atomic E-state index is 0.723. The molecule has 2 heteroatoms. The third-order valence-corrected chi connectivity index (χ3v) is 3.61. The van der Waals surface area contributed by atoms with Gasteiger partial charge in [-0.15, -0.1) is 0 Å². The number of likely N-dealkylation sites (N-methyl/N-ethyl adjacent to an activating group) is 1. The summed E-state index contributed by atoms with van der Waals surface area (Å²) < 4.78 is 0. The maximum Gasteiger partial charge on any atom is 0.0221 e. The highest BCUT2D eigenvalue weighted by Crippen LogP contribution is 2.16. The van der Waals surface area contributed by atoms with Crippen LogP contribution in [0.15, 0.2) is 0 Å². The van der Waals surface area contributed by atoms with Crippen LogP contribution in [0.2, 0.25) is 0 Å². The number of piperidine rings is 1. The zero-order chi connectivity index (χ0) is 10.6. The van der Waals surface area contributed by atoms with Gasteiger partial charge in [-0.25, -0.2) is 0 Å². The first-order valence-corrected chi connectivity index (χ1v) is 6.10. The molecular formula is C12H26N2. The Morgan fingerprint density at radius 2 is 2.14 bits per heavy atom. The van der Waals surface area contributed by atoms with Crippen LogP contribution < -0.4 is 5.32 Å². The molecule has 0 bridgehead atoms. The van der Waals surface area contributed by atoms with Gasteiger partial charge < -0.3 is 5.32 Å². The molecule has 84 valence electrons. The largest absolute Gasteiger partial charge is 0.313 e. The van der Waals surface area contributed by atoms with Crippen molar-refractivity contribution >= 4 is 0 Å². The van der Waals surface area contributed by atoms with Crippen molar-refractivity contribution in [1.29, 1.82) is 0 Å². The fraction of sp³-hybridized carbons (Fsp3) is 1.00. The molecule has 0 aromatic rings.